The number of nitrogens with zero attached hydrogens (tertiary/aromatic N) is 3. The van der Waals surface area contributed by atoms with Crippen LogP contribution >= 0.6 is 11.6 Å². The fourth-order valence-electron chi connectivity index (χ4n) is 3.38. The van der Waals surface area contributed by atoms with Gasteiger partial charge in [-0.1, -0.05) is 23.7 Å². The van der Waals surface area contributed by atoms with E-state index in [0.717, 1.165) is 28.3 Å². The molecule has 1 atom stereocenters. The summed E-state index contributed by atoms with van der Waals surface area (Å²) in [7, 11) is 3.25. The van der Waals surface area contributed by atoms with E-state index in [-0.39, 0.29) is 11.9 Å². The molecule has 0 spiro atoms. The number of amides is 1. The smallest absolute Gasteiger partial charge is 0.276 e. The van der Waals surface area contributed by atoms with Gasteiger partial charge in [-0.25, -0.2) is 9.99 Å². The van der Waals surface area contributed by atoms with E-state index in [2.05, 4.69) is 10.1 Å². The molecule has 4 rings (SSSR count). The first-order valence-corrected chi connectivity index (χ1v) is 9.78. The van der Waals surface area contributed by atoms with Crippen molar-refractivity contribution >= 4 is 23.2 Å². The van der Waals surface area contributed by atoms with E-state index in [4.69, 9.17) is 21.1 Å². The number of carbonyl (C=O) groups is 1. The number of halogens is 1. The lowest BCUT2D eigenvalue weighted by atomic mass is 9.98. The third-order valence-corrected chi connectivity index (χ3v) is 5.24. The SMILES string of the molecule is COc1ccc(C2=NN(C(=O)c3ccc(Cl)nc3)C(c3ccc(OC)cc3)C2)cc1. The van der Waals surface area contributed by atoms with Gasteiger partial charge < -0.3 is 9.47 Å². The highest BCUT2D eigenvalue weighted by atomic mass is 35.5. The van der Waals surface area contributed by atoms with Crippen molar-refractivity contribution in [3.05, 3.63) is 88.7 Å². The van der Waals surface area contributed by atoms with Crippen LogP contribution in [0.25, 0.3) is 0 Å². The number of methoxy groups -OCH3 is 2. The van der Waals surface area contributed by atoms with Gasteiger partial charge in [-0.15, -0.1) is 0 Å². The zero-order valence-electron chi connectivity index (χ0n) is 16.6. The minimum atomic E-state index is -0.240. The van der Waals surface area contributed by atoms with Crippen LogP contribution in [0, 0.1) is 0 Å². The van der Waals surface area contributed by atoms with Crippen LogP contribution < -0.4 is 9.47 Å². The Bertz CT molecular complexity index is 1060. The van der Waals surface area contributed by atoms with E-state index < -0.39 is 0 Å². The van der Waals surface area contributed by atoms with Crippen molar-refractivity contribution in [2.75, 3.05) is 14.2 Å². The molecule has 0 aliphatic carbocycles. The number of pyridine rings is 1. The lowest BCUT2D eigenvalue weighted by molar-refractivity contribution is 0.0710. The Kier molecular flexibility index (Phi) is 5.68. The minimum absolute atomic E-state index is 0.233. The minimum Gasteiger partial charge on any atom is -0.497 e. The highest BCUT2D eigenvalue weighted by Crippen LogP contribution is 2.35. The number of ether oxygens (including phenoxy) is 2. The molecule has 152 valence electrons. The predicted molar refractivity (Wildman–Crippen MR) is 115 cm³/mol. The van der Waals surface area contributed by atoms with Crippen molar-refractivity contribution in [1.82, 2.24) is 9.99 Å². The molecule has 30 heavy (non-hydrogen) atoms. The summed E-state index contributed by atoms with van der Waals surface area (Å²) in [5, 5.41) is 6.54. The Labute approximate surface area is 179 Å². The van der Waals surface area contributed by atoms with Gasteiger partial charge in [-0.3, -0.25) is 4.79 Å². The number of hydrogen-bond acceptors (Lipinski definition) is 5. The lowest BCUT2D eigenvalue weighted by Gasteiger charge is -2.22. The fourth-order valence-corrected chi connectivity index (χ4v) is 3.49. The molecule has 3 aromatic rings. The number of rotatable bonds is 5. The second-order valence-corrected chi connectivity index (χ2v) is 7.17. The molecule has 0 radical (unpaired) electrons. The molecule has 1 aromatic heterocycles. The van der Waals surface area contributed by atoms with Gasteiger partial charge in [0, 0.05) is 12.6 Å². The Hall–Kier alpha value is -3.38. The summed E-state index contributed by atoms with van der Waals surface area (Å²) >= 11 is 5.87. The van der Waals surface area contributed by atoms with Crippen molar-refractivity contribution < 1.29 is 14.3 Å². The van der Waals surface area contributed by atoms with Crippen LogP contribution in [0.2, 0.25) is 5.15 Å². The Balaban J connectivity index is 1.70. The topological polar surface area (TPSA) is 64.0 Å². The molecule has 6 nitrogen and oxygen atoms in total. The summed E-state index contributed by atoms with van der Waals surface area (Å²) < 4.78 is 10.5. The van der Waals surface area contributed by atoms with Crippen LogP contribution in [0.5, 0.6) is 11.5 Å². The van der Waals surface area contributed by atoms with Gasteiger partial charge in [0.05, 0.1) is 31.5 Å². The number of benzene rings is 2. The van der Waals surface area contributed by atoms with Gasteiger partial charge in [0.1, 0.15) is 16.7 Å². The standard InChI is InChI=1S/C23H20ClN3O3/c1-29-18-8-3-15(4-9-18)20-13-21(16-5-10-19(30-2)11-6-16)27(26-20)23(28)17-7-12-22(24)25-14-17/h3-12,14,21H,13H2,1-2H3. The van der Waals surface area contributed by atoms with Crippen molar-refractivity contribution in [1.29, 1.82) is 0 Å². The number of hydrazone groups is 1. The van der Waals surface area contributed by atoms with Crippen LogP contribution in [0.4, 0.5) is 0 Å². The van der Waals surface area contributed by atoms with E-state index in [9.17, 15) is 4.79 Å². The summed E-state index contributed by atoms with van der Waals surface area (Å²) in [6.07, 6.45) is 2.06. The van der Waals surface area contributed by atoms with Crippen molar-refractivity contribution in [3.8, 4) is 11.5 Å². The number of carbonyl (C=O) groups excluding carboxylic acids is 1. The van der Waals surface area contributed by atoms with Gasteiger partial charge in [0.2, 0.25) is 0 Å². The van der Waals surface area contributed by atoms with Crippen LogP contribution in [0.15, 0.2) is 72.0 Å². The molecule has 0 saturated carbocycles. The molecule has 0 N–H and O–H groups in total. The average molecular weight is 422 g/mol. The lowest BCUT2D eigenvalue weighted by Crippen LogP contribution is -2.27. The highest BCUT2D eigenvalue weighted by molar-refractivity contribution is 6.29. The summed E-state index contributed by atoms with van der Waals surface area (Å²) in [5.74, 6) is 1.29. The van der Waals surface area contributed by atoms with Gasteiger partial charge in [-0.05, 0) is 59.7 Å². The molecule has 1 amide bonds. The molecule has 7 heteroatoms. The first-order chi connectivity index (χ1) is 14.6. The second kappa shape index (κ2) is 8.55. The quantitative estimate of drug-likeness (QED) is 0.558. The fraction of sp³-hybridized carbons (Fsp3) is 0.174. The number of aromatic nitrogens is 1. The maximum absolute atomic E-state index is 13.2. The van der Waals surface area contributed by atoms with Crippen LogP contribution in [0.3, 0.4) is 0 Å². The summed E-state index contributed by atoms with van der Waals surface area (Å²) in [5.41, 5.74) is 3.17. The summed E-state index contributed by atoms with van der Waals surface area (Å²) in [6, 6.07) is 18.3. The first kappa shape index (κ1) is 19.9. The summed E-state index contributed by atoms with van der Waals surface area (Å²) in [4.78, 5) is 17.3. The van der Waals surface area contributed by atoms with Crippen molar-refractivity contribution in [2.24, 2.45) is 5.10 Å². The van der Waals surface area contributed by atoms with Crippen LogP contribution in [-0.4, -0.2) is 35.8 Å². The largest absolute Gasteiger partial charge is 0.497 e. The molecular weight excluding hydrogens is 402 g/mol. The molecule has 0 saturated heterocycles. The zero-order valence-corrected chi connectivity index (χ0v) is 17.3. The normalized spacial score (nSPS) is 15.6. The molecule has 1 aliphatic heterocycles. The van der Waals surface area contributed by atoms with Crippen molar-refractivity contribution in [3.63, 3.8) is 0 Å². The van der Waals surface area contributed by atoms with E-state index in [1.165, 1.54) is 11.2 Å². The van der Waals surface area contributed by atoms with E-state index in [1.54, 1.807) is 26.4 Å². The Morgan fingerprint density at radius 1 is 0.967 bits per heavy atom. The monoisotopic (exact) mass is 421 g/mol. The maximum Gasteiger partial charge on any atom is 0.276 e. The van der Waals surface area contributed by atoms with E-state index >= 15 is 0 Å². The second-order valence-electron chi connectivity index (χ2n) is 6.79. The van der Waals surface area contributed by atoms with Crippen LogP contribution in [-0.2, 0) is 0 Å². The van der Waals surface area contributed by atoms with Crippen molar-refractivity contribution in [2.45, 2.75) is 12.5 Å². The zero-order chi connectivity index (χ0) is 21.1. The van der Waals surface area contributed by atoms with Gasteiger partial charge in [-0.2, -0.15) is 5.10 Å². The van der Waals surface area contributed by atoms with Gasteiger partial charge >= 0.3 is 0 Å². The predicted octanol–water partition coefficient (Wildman–Crippen LogP) is 4.74. The van der Waals surface area contributed by atoms with Gasteiger partial charge in [0.25, 0.3) is 5.91 Å². The summed E-state index contributed by atoms with van der Waals surface area (Å²) in [6.45, 7) is 0. The Morgan fingerprint density at radius 3 is 2.17 bits per heavy atom. The van der Waals surface area contributed by atoms with Crippen LogP contribution in [0.1, 0.15) is 33.9 Å². The Morgan fingerprint density at radius 2 is 1.60 bits per heavy atom. The van der Waals surface area contributed by atoms with E-state index in [0.29, 0.717) is 17.1 Å². The average Bonchev–Trinajstić information content (AvgIpc) is 3.24. The third kappa shape index (κ3) is 4.00. The molecule has 0 bridgehead atoms. The number of hydrogen-bond donors (Lipinski definition) is 0. The molecule has 1 unspecified atom stereocenters. The third-order valence-electron chi connectivity index (χ3n) is 5.02. The highest BCUT2D eigenvalue weighted by Gasteiger charge is 2.33. The maximum atomic E-state index is 13.2. The molecule has 2 heterocycles. The van der Waals surface area contributed by atoms with E-state index in [1.807, 2.05) is 48.5 Å². The molecule has 2 aromatic carbocycles. The molecular formula is C23H20ClN3O3. The molecule has 1 aliphatic rings. The molecule has 0 fully saturated rings. The van der Waals surface area contributed by atoms with Gasteiger partial charge in [0.15, 0.2) is 0 Å². The first-order valence-electron chi connectivity index (χ1n) is 9.40.